The molecule has 0 radical (unpaired) electrons. The molecule has 4 nitrogen and oxygen atoms in total. The third-order valence-electron chi connectivity index (χ3n) is 2.80. The minimum atomic E-state index is -0.883. The van der Waals surface area contributed by atoms with Crippen molar-refractivity contribution in [1.29, 1.82) is 0 Å². The highest BCUT2D eigenvalue weighted by molar-refractivity contribution is 5.78. The van der Waals surface area contributed by atoms with E-state index in [-0.39, 0.29) is 6.04 Å². The molecule has 2 N–H and O–H groups in total. The van der Waals surface area contributed by atoms with Gasteiger partial charge in [0.05, 0.1) is 12.5 Å². The number of hydrogen-bond donors (Lipinski definition) is 2. The van der Waals surface area contributed by atoms with E-state index in [1.807, 2.05) is 19.9 Å². The van der Waals surface area contributed by atoms with Gasteiger partial charge in [0, 0.05) is 11.6 Å². The van der Waals surface area contributed by atoms with Crippen LogP contribution in [0.3, 0.4) is 0 Å². The molecule has 16 heavy (non-hydrogen) atoms. The molecule has 1 heterocycles. The Morgan fingerprint density at radius 2 is 2.38 bits per heavy atom. The molecular formula is C12H19NO3. The standard InChI is InChI=1S/C12H19NO3/c1-4-6-12(3,11(14)15)13-9(2)10-5-7-16-8-10/h5,7-9,13H,4,6H2,1-3H3,(H,14,15). The highest BCUT2D eigenvalue weighted by atomic mass is 16.4. The van der Waals surface area contributed by atoms with Crippen molar-refractivity contribution in [2.24, 2.45) is 0 Å². The Labute approximate surface area is 95.7 Å². The first-order valence-corrected chi connectivity index (χ1v) is 5.53. The summed E-state index contributed by atoms with van der Waals surface area (Å²) < 4.78 is 4.98. The van der Waals surface area contributed by atoms with Gasteiger partial charge in [0.15, 0.2) is 0 Å². The smallest absolute Gasteiger partial charge is 0.323 e. The third kappa shape index (κ3) is 2.85. The second kappa shape index (κ2) is 5.16. The number of carboxylic acids is 1. The fourth-order valence-corrected chi connectivity index (χ4v) is 1.82. The highest BCUT2D eigenvalue weighted by Gasteiger charge is 2.33. The summed E-state index contributed by atoms with van der Waals surface area (Å²) in [6.07, 6.45) is 4.65. The summed E-state index contributed by atoms with van der Waals surface area (Å²) in [6.45, 7) is 5.63. The lowest BCUT2D eigenvalue weighted by Gasteiger charge is -2.29. The SMILES string of the molecule is CCCC(C)(NC(C)c1ccoc1)C(=O)O. The average molecular weight is 225 g/mol. The van der Waals surface area contributed by atoms with Crippen molar-refractivity contribution >= 4 is 5.97 Å². The lowest BCUT2D eigenvalue weighted by Crippen LogP contribution is -2.50. The largest absolute Gasteiger partial charge is 0.480 e. The van der Waals surface area contributed by atoms with Crippen LogP contribution >= 0.6 is 0 Å². The van der Waals surface area contributed by atoms with E-state index in [4.69, 9.17) is 4.42 Å². The van der Waals surface area contributed by atoms with Crippen LogP contribution in [0.15, 0.2) is 23.0 Å². The van der Waals surface area contributed by atoms with Crippen LogP contribution in [0.25, 0.3) is 0 Å². The number of carboxylic acid groups (broad SMARTS) is 1. The third-order valence-corrected chi connectivity index (χ3v) is 2.80. The van der Waals surface area contributed by atoms with Crippen LogP contribution in [0.2, 0.25) is 0 Å². The van der Waals surface area contributed by atoms with Crippen LogP contribution in [0, 0.1) is 0 Å². The lowest BCUT2D eigenvalue weighted by molar-refractivity contribution is -0.144. The zero-order chi connectivity index (χ0) is 12.2. The van der Waals surface area contributed by atoms with Crippen LogP contribution < -0.4 is 5.32 Å². The summed E-state index contributed by atoms with van der Waals surface area (Å²) >= 11 is 0. The monoisotopic (exact) mass is 225 g/mol. The van der Waals surface area contributed by atoms with Crippen LogP contribution in [0.5, 0.6) is 0 Å². The molecule has 0 fully saturated rings. The normalized spacial score (nSPS) is 16.7. The van der Waals surface area contributed by atoms with E-state index in [1.165, 1.54) is 0 Å². The van der Waals surface area contributed by atoms with Crippen molar-refractivity contribution in [3.05, 3.63) is 24.2 Å². The second-order valence-electron chi connectivity index (χ2n) is 4.31. The van der Waals surface area contributed by atoms with Gasteiger partial charge in [-0.2, -0.15) is 0 Å². The lowest BCUT2D eigenvalue weighted by atomic mass is 9.94. The second-order valence-corrected chi connectivity index (χ2v) is 4.31. The van der Waals surface area contributed by atoms with Crippen LogP contribution in [-0.4, -0.2) is 16.6 Å². The zero-order valence-electron chi connectivity index (χ0n) is 9.99. The number of furan rings is 1. The molecule has 0 saturated heterocycles. The van der Waals surface area contributed by atoms with E-state index in [1.54, 1.807) is 19.5 Å². The topological polar surface area (TPSA) is 62.5 Å². The molecule has 1 rings (SSSR count). The van der Waals surface area contributed by atoms with Crippen molar-refractivity contribution in [1.82, 2.24) is 5.32 Å². The molecule has 0 aliphatic rings. The van der Waals surface area contributed by atoms with Gasteiger partial charge >= 0.3 is 5.97 Å². The molecular weight excluding hydrogens is 206 g/mol. The fourth-order valence-electron chi connectivity index (χ4n) is 1.82. The molecule has 0 spiro atoms. The van der Waals surface area contributed by atoms with Crippen molar-refractivity contribution in [3.8, 4) is 0 Å². The number of rotatable bonds is 6. The summed E-state index contributed by atoms with van der Waals surface area (Å²) in [5.41, 5.74) is 0.0782. The predicted octanol–water partition coefficient (Wildman–Crippen LogP) is 2.57. The first-order chi connectivity index (χ1) is 7.49. The van der Waals surface area contributed by atoms with E-state index in [9.17, 15) is 9.90 Å². The van der Waals surface area contributed by atoms with Gasteiger partial charge in [-0.25, -0.2) is 0 Å². The molecule has 0 amide bonds. The summed E-state index contributed by atoms with van der Waals surface area (Å²) in [5, 5.41) is 12.4. The van der Waals surface area contributed by atoms with E-state index in [0.717, 1.165) is 12.0 Å². The van der Waals surface area contributed by atoms with Crippen molar-refractivity contribution < 1.29 is 14.3 Å². The zero-order valence-corrected chi connectivity index (χ0v) is 9.99. The molecule has 0 bridgehead atoms. The number of nitrogens with one attached hydrogen (secondary N) is 1. The minimum absolute atomic E-state index is 0.0357. The Morgan fingerprint density at radius 3 is 2.81 bits per heavy atom. The summed E-state index contributed by atoms with van der Waals surface area (Å²) in [4.78, 5) is 11.2. The van der Waals surface area contributed by atoms with Gasteiger partial charge in [-0.1, -0.05) is 13.3 Å². The molecule has 0 aliphatic carbocycles. The maximum atomic E-state index is 11.2. The maximum absolute atomic E-state index is 11.2. The van der Waals surface area contributed by atoms with E-state index < -0.39 is 11.5 Å². The van der Waals surface area contributed by atoms with Crippen LogP contribution in [-0.2, 0) is 4.79 Å². The van der Waals surface area contributed by atoms with Gasteiger partial charge in [0.1, 0.15) is 5.54 Å². The van der Waals surface area contributed by atoms with E-state index >= 15 is 0 Å². The Hall–Kier alpha value is -1.29. The highest BCUT2D eigenvalue weighted by Crippen LogP contribution is 2.20. The summed E-state index contributed by atoms with van der Waals surface area (Å²) in [7, 11) is 0. The molecule has 0 aliphatic heterocycles. The van der Waals surface area contributed by atoms with E-state index in [0.29, 0.717) is 6.42 Å². The number of hydrogen-bond acceptors (Lipinski definition) is 3. The Bertz CT molecular complexity index is 334. The quantitative estimate of drug-likeness (QED) is 0.781. The minimum Gasteiger partial charge on any atom is -0.480 e. The molecule has 90 valence electrons. The van der Waals surface area contributed by atoms with Gasteiger partial charge in [0.25, 0.3) is 0 Å². The first-order valence-electron chi connectivity index (χ1n) is 5.53. The predicted molar refractivity (Wildman–Crippen MR) is 61.2 cm³/mol. The maximum Gasteiger partial charge on any atom is 0.323 e. The average Bonchev–Trinajstić information content (AvgIpc) is 2.70. The number of aliphatic carboxylic acids is 1. The molecule has 0 saturated carbocycles. The Balaban J connectivity index is 2.72. The molecule has 4 heteroatoms. The molecule has 1 aromatic rings. The Kier molecular flexibility index (Phi) is 4.12. The van der Waals surface area contributed by atoms with Gasteiger partial charge in [0.2, 0.25) is 0 Å². The fraction of sp³-hybridized carbons (Fsp3) is 0.583. The van der Waals surface area contributed by atoms with Crippen molar-refractivity contribution in [2.75, 3.05) is 0 Å². The van der Waals surface area contributed by atoms with Crippen LogP contribution in [0.4, 0.5) is 0 Å². The first kappa shape index (κ1) is 12.8. The van der Waals surface area contributed by atoms with Gasteiger partial charge in [-0.3, -0.25) is 10.1 Å². The summed E-state index contributed by atoms with van der Waals surface area (Å²) in [6, 6.07) is 1.80. The Morgan fingerprint density at radius 1 is 1.69 bits per heavy atom. The van der Waals surface area contributed by atoms with Crippen LogP contribution in [0.1, 0.15) is 45.2 Å². The van der Waals surface area contributed by atoms with E-state index in [2.05, 4.69) is 5.32 Å². The van der Waals surface area contributed by atoms with Crippen molar-refractivity contribution in [3.63, 3.8) is 0 Å². The van der Waals surface area contributed by atoms with Gasteiger partial charge in [-0.15, -0.1) is 0 Å². The van der Waals surface area contributed by atoms with Gasteiger partial charge < -0.3 is 9.52 Å². The molecule has 2 atom stereocenters. The molecule has 1 aromatic heterocycles. The van der Waals surface area contributed by atoms with Crippen molar-refractivity contribution in [2.45, 2.75) is 45.2 Å². The summed E-state index contributed by atoms with van der Waals surface area (Å²) in [5.74, 6) is -0.815. The molecule has 0 aromatic carbocycles. The molecule has 2 unspecified atom stereocenters. The van der Waals surface area contributed by atoms with Gasteiger partial charge in [-0.05, 0) is 26.3 Å². The number of carbonyl (C=O) groups is 1.